The number of anilines is 1. The Hall–Kier alpha value is -1.35. The van der Waals surface area contributed by atoms with Crippen molar-refractivity contribution in [1.29, 1.82) is 0 Å². The summed E-state index contributed by atoms with van der Waals surface area (Å²) in [4.78, 5) is 8.81. The molecule has 0 saturated carbocycles. The maximum Gasteiger partial charge on any atom is 0.145 e. The van der Waals surface area contributed by atoms with E-state index in [1.165, 1.54) is 0 Å². The van der Waals surface area contributed by atoms with Crippen LogP contribution in [-0.4, -0.2) is 21.9 Å². The van der Waals surface area contributed by atoms with Gasteiger partial charge < -0.3 is 5.32 Å². The van der Waals surface area contributed by atoms with Gasteiger partial charge in [0, 0.05) is 6.54 Å². The van der Waals surface area contributed by atoms with Crippen LogP contribution in [-0.2, 0) is 0 Å². The maximum atomic E-state index is 6.14. The molecule has 90 valence electrons. The summed E-state index contributed by atoms with van der Waals surface area (Å²) in [5.41, 5.74) is 1.81. The fourth-order valence-electron chi connectivity index (χ4n) is 1.67. The van der Waals surface area contributed by atoms with E-state index in [4.69, 9.17) is 11.6 Å². The van der Waals surface area contributed by atoms with Gasteiger partial charge in [0.25, 0.3) is 0 Å². The Balaban J connectivity index is 2.04. The molecule has 1 atom stereocenters. The van der Waals surface area contributed by atoms with Crippen LogP contribution in [0.5, 0.6) is 0 Å². The van der Waals surface area contributed by atoms with E-state index in [2.05, 4.69) is 22.2 Å². The summed E-state index contributed by atoms with van der Waals surface area (Å²) in [6.45, 7) is 2.85. The van der Waals surface area contributed by atoms with Crippen molar-refractivity contribution in [1.82, 2.24) is 9.97 Å². The standard InChI is InChI=1S/C13H16ClN3/c1-2-5-10(14)8-16-13-9-15-11-6-3-4-7-12(11)17-13/h3-4,6-7,9-10H,2,5,8H2,1H3,(H,16,17). The molecule has 2 rings (SSSR count). The number of nitrogens with zero attached hydrogens (tertiary/aromatic N) is 2. The average Bonchev–Trinajstić information content (AvgIpc) is 2.36. The van der Waals surface area contributed by atoms with Crippen molar-refractivity contribution in [3.63, 3.8) is 0 Å². The highest BCUT2D eigenvalue weighted by atomic mass is 35.5. The second-order valence-corrected chi connectivity index (χ2v) is 4.63. The molecule has 0 aliphatic rings. The second kappa shape index (κ2) is 5.82. The van der Waals surface area contributed by atoms with Crippen molar-refractivity contribution in [2.24, 2.45) is 0 Å². The van der Waals surface area contributed by atoms with Crippen molar-refractivity contribution in [2.45, 2.75) is 25.1 Å². The highest BCUT2D eigenvalue weighted by Crippen LogP contribution is 2.12. The lowest BCUT2D eigenvalue weighted by atomic mass is 10.2. The van der Waals surface area contributed by atoms with Crippen molar-refractivity contribution >= 4 is 28.5 Å². The van der Waals surface area contributed by atoms with E-state index in [0.717, 1.165) is 36.2 Å². The van der Waals surface area contributed by atoms with Crippen LogP contribution in [0.3, 0.4) is 0 Å². The quantitative estimate of drug-likeness (QED) is 0.825. The summed E-state index contributed by atoms with van der Waals surface area (Å²) >= 11 is 6.14. The molecule has 1 heterocycles. The first kappa shape index (κ1) is 12.1. The zero-order valence-corrected chi connectivity index (χ0v) is 10.6. The third kappa shape index (κ3) is 3.30. The zero-order chi connectivity index (χ0) is 12.1. The molecule has 0 aliphatic heterocycles. The van der Waals surface area contributed by atoms with Gasteiger partial charge in [-0.05, 0) is 18.6 Å². The highest BCUT2D eigenvalue weighted by Gasteiger charge is 2.04. The topological polar surface area (TPSA) is 37.8 Å². The molecule has 0 fully saturated rings. The number of halogens is 1. The van der Waals surface area contributed by atoms with Crippen LogP contribution in [0.25, 0.3) is 11.0 Å². The summed E-state index contributed by atoms with van der Waals surface area (Å²) in [6, 6.07) is 7.83. The third-order valence-corrected chi connectivity index (χ3v) is 2.93. The fraction of sp³-hybridized carbons (Fsp3) is 0.385. The summed E-state index contributed by atoms with van der Waals surface area (Å²) in [6.07, 6.45) is 3.85. The van der Waals surface area contributed by atoms with Crippen molar-refractivity contribution < 1.29 is 0 Å². The Morgan fingerprint density at radius 2 is 2.06 bits per heavy atom. The number of benzene rings is 1. The lowest BCUT2D eigenvalue weighted by Crippen LogP contribution is -2.14. The van der Waals surface area contributed by atoms with Crippen LogP contribution in [0.4, 0.5) is 5.82 Å². The molecule has 1 aromatic heterocycles. The predicted molar refractivity (Wildman–Crippen MR) is 72.6 cm³/mol. The predicted octanol–water partition coefficient (Wildman–Crippen LogP) is 3.45. The largest absolute Gasteiger partial charge is 0.367 e. The maximum absolute atomic E-state index is 6.14. The van der Waals surface area contributed by atoms with Crippen molar-refractivity contribution in [3.05, 3.63) is 30.5 Å². The Labute approximate surface area is 106 Å². The SMILES string of the molecule is CCCC(Cl)CNc1cnc2ccccc2n1. The lowest BCUT2D eigenvalue weighted by molar-refractivity contribution is 0.750. The molecule has 0 amide bonds. The monoisotopic (exact) mass is 249 g/mol. The van der Waals surface area contributed by atoms with E-state index in [9.17, 15) is 0 Å². The van der Waals surface area contributed by atoms with E-state index in [0.29, 0.717) is 0 Å². The van der Waals surface area contributed by atoms with E-state index in [-0.39, 0.29) is 5.38 Å². The summed E-state index contributed by atoms with van der Waals surface area (Å²) in [5, 5.41) is 3.36. The van der Waals surface area contributed by atoms with Crippen LogP contribution >= 0.6 is 11.6 Å². The molecular weight excluding hydrogens is 234 g/mol. The molecule has 4 heteroatoms. The number of alkyl halides is 1. The zero-order valence-electron chi connectivity index (χ0n) is 9.86. The summed E-state index contributed by atoms with van der Waals surface area (Å²) in [7, 11) is 0. The van der Waals surface area contributed by atoms with Gasteiger partial charge in [-0.15, -0.1) is 11.6 Å². The van der Waals surface area contributed by atoms with Crippen LogP contribution in [0, 0.1) is 0 Å². The van der Waals surface area contributed by atoms with Crippen LogP contribution in [0.15, 0.2) is 30.5 Å². The van der Waals surface area contributed by atoms with Gasteiger partial charge in [0.1, 0.15) is 5.82 Å². The van der Waals surface area contributed by atoms with Gasteiger partial charge in [-0.3, -0.25) is 4.98 Å². The first-order valence-corrected chi connectivity index (χ1v) is 6.33. The average molecular weight is 250 g/mol. The molecule has 0 aliphatic carbocycles. The normalized spacial score (nSPS) is 12.6. The molecule has 0 spiro atoms. The highest BCUT2D eigenvalue weighted by molar-refractivity contribution is 6.20. The van der Waals surface area contributed by atoms with Gasteiger partial charge in [-0.25, -0.2) is 4.98 Å². The number of nitrogens with one attached hydrogen (secondary N) is 1. The Bertz CT molecular complexity index is 487. The minimum atomic E-state index is 0.147. The van der Waals surface area contributed by atoms with Crippen LogP contribution < -0.4 is 5.32 Å². The smallest absolute Gasteiger partial charge is 0.145 e. The second-order valence-electron chi connectivity index (χ2n) is 4.01. The van der Waals surface area contributed by atoms with E-state index in [1.807, 2.05) is 24.3 Å². The molecule has 1 aromatic carbocycles. The number of fused-ring (bicyclic) bond motifs is 1. The Kier molecular flexibility index (Phi) is 4.15. The molecule has 2 aromatic rings. The first-order chi connectivity index (χ1) is 8.29. The minimum absolute atomic E-state index is 0.147. The van der Waals surface area contributed by atoms with Gasteiger partial charge in [0.15, 0.2) is 0 Å². The van der Waals surface area contributed by atoms with E-state index in [1.54, 1.807) is 6.20 Å². The van der Waals surface area contributed by atoms with Crippen molar-refractivity contribution in [2.75, 3.05) is 11.9 Å². The van der Waals surface area contributed by atoms with E-state index >= 15 is 0 Å². The fourth-order valence-corrected chi connectivity index (χ4v) is 1.97. The summed E-state index contributed by atoms with van der Waals surface area (Å²) < 4.78 is 0. The molecule has 1 unspecified atom stereocenters. The Morgan fingerprint density at radius 1 is 1.29 bits per heavy atom. The molecule has 17 heavy (non-hydrogen) atoms. The molecule has 0 radical (unpaired) electrons. The number of hydrogen-bond donors (Lipinski definition) is 1. The van der Waals surface area contributed by atoms with Gasteiger partial charge in [0.05, 0.1) is 22.6 Å². The Morgan fingerprint density at radius 3 is 2.82 bits per heavy atom. The number of aromatic nitrogens is 2. The minimum Gasteiger partial charge on any atom is -0.367 e. The number of rotatable bonds is 5. The van der Waals surface area contributed by atoms with Gasteiger partial charge >= 0.3 is 0 Å². The number of para-hydroxylation sites is 2. The van der Waals surface area contributed by atoms with E-state index < -0.39 is 0 Å². The summed E-state index contributed by atoms with van der Waals surface area (Å²) in [5.74, 6) is 0.783. The number of hydrogen-bond acceptors (Lipinski definition) is 3. The molecule has 1 N–H and O–H groups in total. The van der Waals surface area contributed by atoms with Gasteiger partial charge in [-0.1, -0.05) is 25.5 Å². The molecule has 0 saturated heterocycles. The van der Waals surface area contributed by atoms with Crippen molar-refractivity contribution in [3.8, 4) is 0 Å². The molecule has 3 nitrogen and oxygen atoms in total. The van der Waals surface area contributed by atoms with Crippen LogP contribution in [0.1, 0.15) is 19.8 Å². The first-order valence-electron chi connectivity index (χ1n) is 5.89. The third-order valence-electron chi connectivity index (χ3n) is 2.56. The lowest BCUT2D eigenvalue weighted by Gasteiger charge is -2.10. The van der Waals surface area contributed by atoms with Gasteiger partial charge in [0.2, 0.25) is 0 Å². The van der Waals surface area contributed by atoms with Gasteiger partial charge in [-0.2, -0.15) is 0 Å². The molecule has 0 bridgehead atoms. The van der Waals surface area contributed by atoms with Crippen LogP contribution in [0.2, 0.25) is 0 Å². The molecular formula is C13H16ClN3.